The Morgan fingerprint density at radius 3 is 2.42 bits per heavy atom. The zero-order valence-corrected chi connectivity index (χ0v) is 14.6. The van der Waals surface area contributed by atoms with Crippen LogP contribution in [0.15, 0.2) is 48.5 Å². The first-order valence-corrected chi connectivity index (χ1v) is 8.13. The smallest absolute Gasteiger partial charge is 0.338 e. The Morgan fingerprint density at radius 2 is 1.81 bits per heavy atom. The van der Waals surface area contributed by atoms with E-state index in [0.717, 1.165) is 24.1 Å². The van der Waals surface area contributed by atoms with Crippen molar-refractivity contribution in [3.8, 4) is 0 Å². The van der Waals surface area contributed by atoms with E-state index in [1.54, 1.807) is 0 Å². The molecular weight excluding hydrogens is 336 g/mol. The summed E-state index contributed by atoms with van der Waals surface area (Å²) in [7, 11) is 1.17. The van der Waals surface area contributed by atoms with Crippen LogP contribution in [0.5, 0.6) is 0 Å². The van der Waals surface area contributed by atoms with Gasteiger partial charge in [0.25, 0.3) is 11.6 Å². The minimum Gasteiger partial charge on any atom is -0.465 e. The highest BCUT2D eigenvalue weighted by atomic mass is 16.6. The molecule has 0 saturated carbocycles. The van der Waals surface area contributed by atoms with Crippen molar-refractivity contribution in [3.63, 3.8) is 0 Å². The van der Waals surface area contributed by atoms with Crippen molar-refractivity contribution in [1.29, 1.82) is 0 Å². The number of nitro benzene ring substituents is 1. The lowest BCUT2D eigenvalue weighted by molar-refractivity contribution is -0.384. The predicted octanol–water partition coefficient (Wildman–Crippen LogP) is 3.13. The van der Waals surface area contributed by atoms with Gasteiger partial charge < -0.3 is 10.1 Å². The molecule has 0 aliphatic rings. The van der Waals surface area contributed by atoms with E-state index in [1.165, 1.54) is 13.2 Å². The SMILES string of the molecule is COC(=O)c1cc(C(=O)N[C@@H](C)CCc2ccccc2)cc([N+](=O)[O-])c1. The highest BCUT2D eigenvalue weighted by molar-refractivity contribution is 5.99. The van der Waals surface area contributed by atoms with Crippen LogP contribution < -0.4 is 5.32 Å². The lowest BCUT2D eigenvalue weighted by Crippen LogP contribution is -2.33. The number of nitrogens with one attached hydrogen (secondary N) is 1. The van der Waals surface area contributed by atoms with Gasteiger partial charge in [-0.2, -0.15) is 0 Å². The molecule has 7 heteroatoms. The van der Waals surface area contributed by atoms with E-state index in [9.17, 15) is 19.7 Å². The van der Waals surface area contributed by atoms with Crippen molar-refractivity contribution in [2.24, 2.45) is 0 Å². The van der Waals surface area contributed by atoms with Crippen molar-refractivity contribution in [2.75, 3.05) is 7.11 Å². The van der Waals surface area contributed by atoms with Gasteiger partial charge in [0.05, 0.1) is 17.6 Å². The Hall–Kier alpha value is -3.22. The van der Waals surface area contributed by atoms with Crippen LogP contribution in [0.4, 0.5) is 5.69 Å². The predicted molar refractivity (Wildman–Crippen MR) is 96.1 cm³/mol. The summed E-state index contributed by atoms with van der Waals surface area (Å²) in [5.41, 5.74) is 0.835. The quantitative estimate of drug-likeness (QED) is 0.467. The number of nitro groups is 1. The summed E-state index contributed by atoms with van der Waals surface area (Å²) in [6.45, 7) is 1.86. The number of nitrogens with zero attached hydrogens (tertiary/aromatic N) is 1. The number of benzene rings is 2. The second-order valence-corrected chi connectivity index (χ2v) is 5.92. The average Bonchev–Trinajstić information content (AvgIpc) is 2.66. The van der Waals surface area contributed by atoms with Crippen LogP contribution in [0.1, 0.15) is 39.6 Å². The summed E-state index contributed by atoms with van der Waals surface area (Å²) in [5, 5.41) is 13.8. The van der Waals surface area contributed by atoms with E-state index in [4.69, 9.17) is 0 Å². The topological polar surface area (TPSA) is 98.5 Å². The summed E-state index contributed by atoms with van der Waals surface area (Å²) in [6, 6.07) is 13.3. The number of rotatable bonds is 7. The lowest BCUT2D eigenvalue weighted by atomic mass is 10.0. The van der Waals surface area contributed by atoms with Crippen LogP contribution >= 0.6 is 0 Å². The number of hydrogen-bond acceptors (Lipinski definition) is 5. The molecule has 0 aliphatic carbocycles. The van der Waals surface area contributed by atoms with Crippen molar-refractivity contribution >= 4 is 17.6 Å². The van der Waals surface area contributed by atoms with Gasteiger partial charge in [-0.05, 0) is 31.4 Å². The van der Waals surface area contributed by atoms with Crippen molar-refractivity contribution in [3.05, 3.63) is 75.3 Å². The highest BCUT2D eigenvalue weighted by Gasteiger charge is 2.19. The number of esters is 1. The molecule has 1 N–H and O–H groups in total. The van der Waals surface area contributed by atoms with E-state index in [0.29, 0.717) is 6.42 Å². The fourth-order valence-corrected chi connectivity index (χ4v) is 2.49. The summed E-state index contributed by atoms with van der Waals surface area (Å²) in [5.74, 6) is -1.21. The molecule has 0 unspecified atom stereocenters. The van der Waals surface area contributed by atoms with E-state index in [-0.39, 0.29) is 22.9 Å². The molecule has 2 aromatic rings. The number of aryl methyl sites for hydroxylation is 1. The van der Waals surface area contributed by atoms with Crippen molar-refractivity contribution < 1.29 is 19.2 Å². The van der Waals surface area contributed by atoms with Crippen LogP contribution in [0.3, 0.4) is 0 Å². The number of amides is 1. The van der Waals surface area contributed by atoms with Crippen LogP contribution in [-0.4, -0.2) is 30.0 Å². The molecule has 0 heterocycles. The monoisotopic (exact) mass is 356 g/mol. The lowest BCUT2D eigenvalue weighted by Gasteiger charge is -2.14. The highest BCUT2D eigenvalue weighted by Crippen LogP contribution is 2.18. The maximum Gasteiger partial charge on any atom is 0.338 e. The van der Waals surface area contributed by atoms with Crippen molar-refractivity contribution in [1.82, 2.24) is 5.32 Å². The molecule has 0 spiro atoms. The van der Waals surface area contributed by atoms with Gasteiger partial charge in [-0.3, -0.25) is 14.9 Å². The molecule has 136 valence electrons. The molecule has 1 amide bonds. The Balaban J connectivity index is 2.08. The summed E-state index contributed by atoms with van der Waals surface area (Å²) < 4.78 is 4.58. The summed E-state index contributed by atoms with van der Waals surface area (Å²) in [4.78, 5) is 34.5. The van der Waals surface area contributed by atoms with Gasteiger partial charge in [-0.1, -0.05) is 30.3 Å². The molecule has 0 bridgehead atoms. The third kappa shape index (κ3) is 5.14. The molecule has 0 aliphatic heterocycles. The van der Waals surface area contributed by atoms with Gasteiger partial charge in [0, 0.05) is 23.7 Å². The standard InChI is InChI=1S/C19H20N2O5/c1-13(8-9-14-6-4-3-5-7-14)20-18(22)15-10-16(19(23)26-2)12-17(11-15)21(24)25/h3-7,10-13H,8-9H2,1-2H3,(H,20,22)/t13-/m0/s1. The second kappa shape index (κ2) is 8.75. The number of methoxy groups -OCH3 is 1. The molecule has 26 heavy (non-hydrogen) atoms. The molecule has 2 rings (SSSR count). The fraction of sp³-hybridized carbons (Fsp3) is 0.263. The van der Waals surface area contributed by atoms with E-state index in [2.05, 4.69) is 10.1 Å². The molecule has 0 aromatic heterocycles. The molecule has 0 radical (unpaired) electrons. The largest absolute Gasteiger partial charge is 0.465 e. The number of non-ortho nitro benzene ring substituents is 1. The number of carbonyl (C=O) groups is 2. The Bertz CT molecular complexity index is 805. The zero-order valence-electron chi connectivity index (χ0n) is 14.6. The van der Waals surface area contributed by atoms with Gasteiger partial charge in [0.15, 0.2) is 0 Å². The Labute approximate surface area is 151 Å². The first-order chi connectivity index (χ1) is 12.4. The van der Waals surface area contributed by atoms with Gasteiger partial charge in [0.1, 0.15) is 0 Å². The summed E-state index contributed by atoms with van der Waals surface area (Å²) >= 11 is 0. The minimum absolute atomic E-state index is 0.0382. The molecular formula is C19H20N2O5. The van der Waals surface area contributed by atoms with E-state index in [1.807, 2.05) is 37.3 Å². The summed E-state index contributed by atoms with van der Waals surface area (Å²) in [6.07, 6.45) is 1.51. The van der Waals surface area contributed by atoms with Crippen molar-refractivity contribution in [2.45, 2.75) is 25.8 Å². The zero-order chi connectivity index (χ0) is 19.1. The molecule has 0 saturated heterocycles. The van der Waals surface area contributed by atoms with Gasteiger partial charge >= 0.3 is 5.97 Å². The first kappa shape index (κ1) is 19.1. The molecule has 0 fully saturated rings. The number of carbonyl (C=O) groups excluding carboxylic acids is 2. The Morgan fingerprint density at radius 1 is 1.15 bits per heavy atom. The fourth-order valence-electron chi connectivity index (χ4n) is 2.49. The van der Waals surface area contributed by atoms with Crippen LogP contribution in [-0.2, 0) is 11.2 Å². The van der Waals surface area contributed by atoms with Crippen LogP contribution in [0.25, 0.3) is 0 Å². The van der Waals surface area contributed by atoms with Gasteiger partial charge in [0.2, 0.25) is 0 Å². The Kier molecular flexibility index (Phi) is 6.43. The first-order valence-electron chi connectivity index (χ1n) is 8.13. The van der Waals surface area contributed by atoms with Crippen LogP contribution in [0.2, 0.25) is 0 Å². The van der Waals surface area contributed by atoms with Crippen LogP contribution in [0, 0.1) is 10.1 Å². The molecule has 2 aromatic carbocycles. The van der Waals surface area contributed by atoms with Gasteiger partial charge in [-0.15, -0.1) is 0 Å². The number of ether oxygens (including phenoxy) is 1. The second-order valence-electron chi connectivity index (χ2n) is 5.92. The maximum absolute atomic E-state index is 12.4. The van der Waals surface area contributed by atoms with E-state index >= 15 is 0 Å². The number of hydrogen-bond donors (Lipinski definition) is 1. The van der Waals surface area contributed by atoms with Gasteiger partial charge in [-0.25, -0.2) is 4.79 Å². The molecule has 1 atom stereocenters. The third-order valence-electron chi connectivity index (χ3n) is 3.90. The normalized spacial score (nSPS) is 11.5. The van der Waals surface area contributed by atoms with E-state index < -0.39 is 16.8 Å². The molecule has 7 nitrogen and oxygen atoms in total. The third-order valence-corrected chi connectivity index (χ3v) is 3.90. The minimum atomic E-state index is -0.736. The average molecular weight is 356 g/mol. The maximum atomic E-state index is 12.4.